The van der Waals surface area contributed by atoms with Crippen molar-refractivity contribution in [2.24, 2.45) is 5.73 Å². The van der Waals surface area contributed by atoms with Crippen LogP contribution in [0.3, 0.4) is 0 Å². The molecule has 0 spiro atoms. The van der Waals surface area contributed by atoms with E-state index < -0.39 is 0 Å². The molecule has 64 valence electrons. The molecule has 2 fully saturated rings. The first-order valence-corrected chi connectivity index (χ1v) is 4.77. The van der Waals surface area contributed by atoms with Gasteiger partial charge in [0.25, 0.3) is 0 Å². The Morgan fingerprint density at radius 1 is 1.09 bits per heavy atom. The molecule has 2 saturated carbocycles. The van der Waals surface area contributed by atoms with Gasteiger partial charge in [-0.25, -0.2) is 0 Å². The van der Waals surface area contributed by atoms with E-state index in [1.807, 2.05) is 0 Å². The number of hydrogen-bond acceptors (Lipinski definition) is 2. The van der Waals surface area contributed by atoms with E-state index in [2.05, 4.69) is 0 Å². The largest absolute Gasteiger partial charge is 0.373 e. The summed E-state index contributed by atoms with van der Waals surface area (Å²) in [4.78, 5) is 0. The zero-order valence-electron chi connectivity index (χ0n) is 6.96. The normalized spacial score (nSPS) is 39.0. The summed E-state index contributed by atoms with van der Waals surface area (Å²) in [6, 6.07) is 0.358. The standard InChI is InChI=1S/C9H17NO/c10-8-6-9(8)11-7-4-2-1-3-5-7/h7-9H,1-6,10H2. The van der Waals surface area contributed by atoms with Crippen LogP contribution in [0.2, 0.25) is 0 Å². The molecule has 0 saturated heterocycles. The van der Waals surface area contributed by atoms with Crippen LogP contribution in [0.4, 0.5) is 0 Å². The first-order chi connectivity index (χ1) is 5.36. The average Bonchev–Trinajstić information content (AvgIpc) is 2.69. The lowest BCUT2D eigenvalue weighted by molar-refractivity contribution is 0.0142. The second-order valence-corrected chi connectivity index (χ2v) is 3.83. The fourth-order valence-corrected chi connectivity index (χ4v) is 1.79. The van der Waals surface area contributed by atoms with Crippen molar-refractivity contribution in [2.75, 3.05) is 0 Å². The summed E-state index contributed by atoms with van der Waals surface area (Å²) in [7, 11) is 0. The molecule has 0 radical (unpaired) electrons. The predicted molar refractivity (Wildman–Crippen MR) is 44.3 cm³/mol. The van der Waals surface area contributed by atoms with Gasteiger partial charge in [-0.3, -0.25) is 0 Å². The summed E-state index contributed by atoms with van der Waals surface area (Å²) in [6.07, 6.45) is 8.69. The number of hydrogen-bond donors (Lipinski definition) is 1. The molecule has 0 amide bonds. The molecule has 2 aliphatic carbocycles. The number of nitrogens with two attached hydrogens (primary N) is 1. The molecule has 0 aromatic heterocycles. The maximum absolute atomic E-state index is 5.79. The molecule has 2 nitrogen and oxygen atoms in total. The van der Waals surface area contributed by atoms with Gasteiger partial charge < -0.3 is 10.5 Å². The smallest absolute Gasteiger partial charge is 0.0746 e. The van der Waals surface area contributed by atoms with Crippen molar-refractivity contribution in [3.8, 4) is 0 Å². The van der Waals surface area contributed by atoms with Crippen molar-refractivity contribution in [3.63, 3.8) is 0 Å². The lowest BCUT2D eigenvalue weighted by atomic mass is 9.98. The molecule has 0 aromatic carbocycles. The average molecular weight is 155 g/mol. The van der Waals surface area contributed by atoms with Crippen LogP contribution in [0.1, 0.15) is 38.5 Å². The summed E-state index contributed by atoms with van der Waals surface area (Å²) >= 11 is 0. The van der Waals surface area contributed by atoms with Gasteiger partial charge in [0.1, 0.15) is 0 Å². The maximum Gasteiger partial charge on any atom is 0.0746 e. The van der Waals surface area contributed by atoms with Crippen LogP contribution in [0, 0.1) is 0 Å². The highest BCUT2D eigenvalue weighted by atomic mass is 16.5. The van der Waals surface area contributed by atoms with E-state index in [1.165, 1.54) is 32.1 Å². The second-order valence-electron chi connectivity index (χ2n) is 3.83. The van der Waals surface area contributed by atoms with Gasteiger partial charge in [0.2, 0.25) is 0 Å². The van der Waals surface area contributed by atoms with Crippen LogP contribution < -0.4 is 5.73 Å². The second kappa shape index (κ2) is 3.11. The van der Waals surface area contributed by atoms with E-state index in [0.29, 0.717) is 18.2 Å². The minimum absolute atomic E-state index is 0.358. The van der Waals surface area contributed by atoms with Gasteiger partial charge in [-0.15, -0.1) is 0 Å². The highest BCUT2D eigenvalue weighted by molar-refractivity contribution is 4.92. The molecule has 2 aliphatic rings. The third kappa shape index (κ3) is 1.94. The van der Waals surface area contributed by atoms with Crippen molar-refractivity contribution in [1.29, 1.82) is 0 Å². The van der Waals surface area contributed by atoms with E-state index in [1.54, 1.807) is 0 Å². The Morgan fingerprint density at radius 2 is 1.73 bits per heavy atom. The summed E-state index contributed by atoms with van der Waals surface area (Å²) in [5, 5.41) is 0. The van der Waals surface area contributed by atoms with Crippen LogP contribution in [0.25, 0.3) is 0 Å². The molecule has 2 unspecified atom stereocenters. The quantitative estimate of drug-likeness (QED) is 0.654. The topological polar surface area (TPSA) is 35.2 Å². The zero-order valence-corrected chi connectivity index (χ0v) is 6.96. The molecule has 2 heteroatoms. The monoisotopic (exact) mass is 155 g/mol. The summed E-state index contributed by atoms with van der Waals surface area (Å²) < 4.78 is 5.79. The van der Waals surface area contributed by atoms with E-state index in [0.717, 1.165) is 6.42 Å². The van der Waals surface area contributed by atoms with Gasteiger partial charge in [-0.05, 0) is 19.3 Å². The third-order valence-corrected chi connectivity index (χ3v) is 2.70. The van der Waals surface area contributed by atoms with Crippen molar-refractivity contribution >= 4 is 0 Å². The van der Waals surface area contributed by atoms with Gasteiger partial charge in [-0.2, -0.15) is 0 Å². The fourth-order valence-electron chi connectivity index (χ4n) is 1.79. The zero-order chi connectivity index (χ0) is 7.68. The summed E-state index contributed by atoms with van der Waals surface area (Å²) in [5.41, 5.74) is 5.66. The molecule has 11 heavy (non-hydrogen) atoms. The van der Waals surface area contributed by atoms with Crippen LogP contribution >= 0.6 is 0 Å². The Labute approximate surface area is 68.1 Å². The summed E-state index contributed by atoms with van der Waals surface area (Å²) in [6.45, 7) is 0. The van der Waals surface area contributed by atoms with E-state index in [4.69, 9.17) is 10.5 Å². The number of ether oxygens (including phenoxy) is 1. The first-order valence-electron chi connectivity index (χ1n) is 4.77. The Balaban J connectivity index is 1.68. The van der Waals surface area contributed by atoms with Gasteiger partial charge in [0.05, 0.1) is 12.2 Å². The fraction of sp³-hybridized carbons (Fsp3) is 1.00. The number of rotatable bonds is 2. The third-order valence-electron chi connectivity index (χ3n) is 2.70. The van der Waals surface area contributed by atoms with Crippen molar-refractivity contribution < 1.29 is 4.74 Å². The van der Waals surface area contributed by atoms with Crippen LogP contribution in [0.15, 0.2) is 0 Å². The van der Waals surface area contributed by atoms with Gasteiger partial charge in [0.15, 0.2) is 0 Å². The van der Waals surface area contributed by atoms with Crippen molar-refractivity contribution in [3.05, 3.63) is 0 Å². The molecule has 2 atom stereocenters. The Bertz CT molecular complexity index is 132. The SMILES string of the molecule is NC1CC1OC1CCCCC1. The molecule has 0 aromatic rings. The first kappa shape index (κ1) is 7.56. The Morgan fingerprint density at radius 3 is 2.27 bits per heavy atom. The highest BCUT2D eigenvalue weighted by Crippen LogP contribution is 2.29. The highest BCUT2D eigenvalue weighted by Gasteiger charge is 2.36. The molecule has 0 heterocycles. The van der Waals surface area contributed by atoms with Gasteiger partial charge >= 0.3 is 0 Å². The van der Waals surface area contributed by atoms with Gasteiger partial charge in [-0.1, -0.05) is 19.3 Å². The molecule has 0 bridgehead atoms. The van der Waals surface area contributed by atoms with Gasteiger partial charge in [0, 0.05) is 6.04 Å². The Hall–Kier alpha value is -0.0800. The van der Waals surface area contributed by atoms with E-state index in [-0.39, 0.29) is 0 Å². The van der Waals surface area contributed by atoms with Crippen LogP contribution in [-0.4, -0.2) is 18.2 Å². The Kier molecular flexibility index (Phi) is 2.14. The molecular formula is C9H17NO. The minimum atomic E-state index is 0.358. The molecular weight excluding hydrogens is 138 g/mol. The van der Waals surface area contributed by atoms with E-state index in [9.17, 15) is 0 Å². The summed E-state index contributed by atoms with van der Waals surface area (Å²) in [5.74, 6) is 0. The molecule has 2 N–H and O–H groups in total. The minimum Gasteiger partial charge on any atom is -0.373 e. The van der Waals surface area contributed by atoms with Crippen molar-refractivity contribution in [2.45, 2.75) is 56.8 Å². The van der Waals surface area contributed by atoms with E-state index >= 15 is 0 Å². The van der Waals surface area contributed by atoms with Crippen LogP contribution in [0.5, 0.6) is 0 Å². The molecule has 2 rings (SSSR count). The maximum atomic E-state index is 5.79. The lowest BCUT2D eigenvalue weighted by Crippen LogP contribution is -2.20. The van der Waals surface area contributed by atoms with Crippen molar-refractivity contribution in [1.82, 2.24) is 0 Å². The lowest BCUT2D eigenvalue weighted by Gasteiger charge is -2.21. The van der Waals surface area contributed by atoms with Crippen LogP contribution in [-0.2, 0) is 4.74 Å². The predicted octanol–water partition coefficient (Wildman–Crippen LogP) is 1.44. The molecule has 0 aliphatic heterocycles.